The van der Waals surface area contributed by atoms with E-state index in [1.807, 2.05) is 18.2 Å². The molecule has 1 atom stereocenters. The van der Waals surface area contributed by atoms with Crippen LogP contribution in [0.25, 0.3) is 22.3 Å². The van der Waals surface area contributed by atoms with Gasteiger partial charge in [0.15, 0.2) is 0 Å². The van der Waals surface area contributed by atoms with E-state index in [4.69, 9.17) is 4.74 Å². The van der Waals surface area contributed by atoms with E-state index in [-0.39, 0.29) is 6.10 Å². The maximum absolute atomic E-state index is 6.35. The molecule has 24 heavy (non-hydrogen) atoms. The van der Waals surface area contributed by atoms with Crippen LogP contribution in [0.4, 0.5) is 0 Å². The minimum Gasteiger partial charge on any atom is -0.489 e. The average Bonchev–Trinajstić information content (AvgIpc) is 2.63. The van der Waals surface area contributed by atoms with Gasteiger partial charge in [0.2, 0.25) is 0 Å². The number of benzene rings is 3. The molecule has 0 spiro atoms. The Bertz CT molecular complexity index is 733. The third kappa shape index (κ3) is 3.57. The van der Waals surface area contributed by atoms with Crippen LogP contribution in [0.3, 0.4) is 0 Å². The quantitative estimate of drug-likeness (QED) is 0.481. The number of ether oxygens (including phenoxy) is 1. The fourth-order valence-corrected chi connectivity index (χ4v) is 2.84. The molecule has 0 aromatic heterocycles. The van der Waals surface area contributed by atoms with Gasteiger partial charge in [0, 0.05) is 17.5 Å². The van der Waals surface area contributed by atoms with E-state index in [2.05, 4.69) is 80.2 Å². The number of para-hydroxylation sites is 1. The van der Waals surface area contributed by atoms with Crippen LogP contribution in [0.15, 0.2) is 91.5 Å². The highest BCUT2D eigenvalue weighted by atomic mass is 16.5. The van der Waals surface area contributed by atoms with E-state index in [9.17, 15) is 0 Å². The molecule has 0 aliphatic rings. The summed E-state index contributed by atoms with van der Waals surface area (Å²) in [6, 6.07) is 27.1. The second-order valence-electron chi connectivity index (χ2n) is 5.87. The van der Waals surface area contributed by atoms with Gasteiger partial charge in [-0.1, -0.05) is 84.9 Å². The summed E-state index contributed by atoms with van der Waals surface area (Å²) in [5.41, 5.74) is 4.56. The van der Waals surface area contributed by atoms with Gasteiger partial charge in [-0.05, 0) is 18.1 Å². The molecule has 0 heterocycles. The monoisotopic (exact) mass is 314 g/mol. The first kappa shape index (κ1) is 16.1. The van der Waals surface area contributed by atoms with Gasteiger partial charge in [0.05, 0.1) is 6.10 Å². The highest BCUT2D eigenvalue weighted by Gasteiger charge is 2.15. The zero-order valence-corrected chi connectivity index (χ0v) is 14.0. The molecule has 0 radical (unpaired) electrons. The zero-order chi connectivity index (χ0) is 16.8. The van der Waals surface area contributed by atoms with E-state index in [1.54, 1.807) is 0 Å². The second kappa shape index (κ2) is 7.65. The molecule has 0 saturated carbocycles. The average molecular weight is 314 g/mol. The molecule has 1 nitrogen and oxygen atoms in total. The predicted octanol–water partition coefficient (Wildman–Crippen LogP) is 6.36. The van der Waals surface area contributed by atoms with Crippen molar-refractivity contribution >= 4 is 0 Å². The summed E-state index contributed by atoms with van der Waals surface area (Å²) in [5.74, 6) is 0.934. The number of hydrogen-bond donors (Lipinski definition) is 0. The first-order valence-corrected chi connectivity index (χ1v) is 8.31. The van der Waals surface area contributed by atoms with E-state index < -0.39 is 0 Å². The van der Waals surface area contributed by atoms with Gasteiger partial charge in [-0.25, -0.2) is 0 Å². The third-order valence-corrected chi connectivity index (χ3v) is 4.00. The standard InChI is InChI=1S/C23H22O/c1-3-11-18(2)24-23-21(19-12-6-4-7-13-19)16-10-17-22(23)20-14-8-5-9-15-20/h3-10,12-18H,1,11H2,2H3. The largest absolute Gasteiger partial charge is 0.489 e. The SMILES string of the molecule is C=CCC(C)Oc1c(-c2ccccc2)cccc1-c1ccccc1. The van der Waals surface area contributed by atoms with Gasteiger partial charge in [-0.3, -0.25) is 0 Å². The molecular weight excluding hydrogens is 292 g/mol. The van der Waals surface area contributed by atoms with Crippen molar-refractivity contribution in [3.8, 4) is 28.0 Å². The molecule has 3 rings (SSSR count). The third-order valence-electron chi connectivity index (χ3n) is 4.00. The lowest BCUT2D eigenvalue weighted by molar-refractivity contribution is 0.227. The maximum atomic E-state index is 6.35. The van der Waals surface area contributed by atoms with Gasteiger partial charge < -0.3 is 4.74 Å². The van der Waals surface area contributed by atoms with Crippen molar-refractivity contribution in [2.75, 3.05) is 0 Å². The molecule has 3 aromatic rings. The fourth-order valence-electron chi connectivity index (χ4n) is 2.84. The van der Waals surface area contributed by atoms with E-state index in [0.29, 0.717) is 0 Å². The van der Waals surface area contributed by atoms with Crippen LogP contribution in [-0.2, 0) is 0 Å². The molecular formula is C23H22O. The Morgan fingerprint density at radius 2 is 1.29 bits per heavy atom. The molecule has 0 saturated heterocycles. The molecule has 0 aliphatic carbocycles. The topological polar surface area (TPSA) is 9.23 Å². The Balaban J connectivity index is 2.13. The summed E-state index contributed by atoms with van der Waals surface area (Å²) in [6.45, 7) is 5.91. The first-order chi connectivity index (χ1) is 11.8. The molecule has 0 bridgehead atoms. The van der Waals surface area contributed by atoms with Gasteiger partial charge in [-0.15, -0.1) is 6.58 Å². The maximum Gasteiger partial charge on any atom is 0.135 e. The fraction of sp³-hybridized carbons (Fsp3) is 0.130. The van der Waals surface area contributed by atoms with Gasteiger partial charge >= 0.3 is 0 Å². The Hall–Kier alpha value is -2.80. The van der Waals surface area contributed by atoms with E-state index in [0.717, 1.165) is 34.4 Å². The smallest absolute Gasteiger partial charge is 0.135 e. The van der Waals surface area contributed by atoms with E-state index >= 15 is 0 Å². The van der Waals surface area contributed by atoms with Crippen LogP contribution < -0.4 is 4.74 Å². The molecule has 1 unspecified atom stereocenters. The molecule has 120 valence electrons. The van der Waals surface area contributed by atoms with Crippen molar-refractivity contribution < 1.29 is 4.74 Å². The lowest BCUT2D eigenvalue weighted by atomic mass is 9.97. The highest BCUT2D eigenvalue weighted by Crippen LogP contribution is 2.39. The predicted molar refractivity (Wildman–Crippen MR) is 102 cm³/mol. The molecule has 0 fully saturated rings. The van der Waals surface area contributed by atoms with Crippen molar-refractivity contribution in [2.45, 2.75) is 19.4 Å². The summed E-state index contributed by atoms with van der Waals surface area (Å²) >= 11 is 0. The summed E-state index contributed by atoms with van der Waals surface area (Å²) in [7, 11) is 0. The van der Waals surface area contributed by atoms with Crippen molar-refractivity contribution in [2.24, 2.45) is 0 Å². The molecule has 0 amide bonds. The van der Waals surface area contributed by atoms with Gasteiger partial charge in [0.25, 0.3) is 0 Å². The molecule has 0 N–H and O–H groups in total. The van der Waals surface area contributed by atoms with Crippen LogP contribution in [0.5, 0.6) is 5.75 Å². The lowest BCUT2D eigenvalue weighted by Crippen LogP contribution is -2.11. The van der Waals surface area contributed by atoms with Crippen LogP contribution in [0.2, 0.25) is 0 Å². The summed E-state index contributed by atoms with van der Waals surface area (Å²) in [5, 5.41) is 0. The Kier molecular flexibility index (Phi) is 5.12. The van der Waals surface area contributed by atoms with Crippen molar-refractivity contribution in [1.82, 2.24) is 0 Å². The van der Waals surface area contributed by atoms with Crippen LogP contribution in [0, 0.1) is 0 Å². The molecule has 1 heteroatoms. The van der Waals surface area contributed by atoms with Gasteiger partial charge in [-0.2, -0.15) is 0 Å². The van der Waals surface area contributed by atoms with Crippen molar-refractivity contribution in [3.63, 3.8) is 0 Å². The van der Waals surface area contributed by atoms with Crippen LogP contribution >= 0.6 is 0 Å². The Morgan fingerprint density at radius 3 is 1.75 bits per heavy atom. The summed E-state index contributed by atoms with van der Waals surface area (Å²) < 4.78 is 6.35. The minimum absolute atomic E-state index is 0.0785. The highest BCUT2D eigenvalue weighted by molar-refractivity contribution is 5.82. The van der Waals surface area contributed by atoms with Crippen molar-refractivity contribution in [1.29, 1.82) is 0 Å². The zero-order valence-electron chi connectivity index (χ0n) is 14.0. The van der Waals surface area contributed by atoms with Crippen LogP contribution in [-0.4, -0.2) is 6.10 Å². The number of hydrogen-bond acceptors (Lipinski definition) is 1. The van der Waals surface area contributed by atoms with Crippen LogP contribution in [0.1, 0.15) is 13.3 Å². The second-order valence-corrected chi connectivity index (χ2v) is 5.87. The normalized spacial score (nSPS) is 11.7. The minimum atomic E-state index is 0.0785. The first-order valence-electron chi connectivity index (χ1n) is 8.31. The molecule has 0 aliphatic heterocycles. The van der Waals surface area contributed by atoms with E-state index in [1.165, 1.54) is 0 Å². The van der Waals surface area contributed by atoms with Crippen molar-refractivity contribution in [3.05, 3.63) is 91.5 Å². The Morgan fingerprint density at radius 1 is 0.792 bits per heavy atom. The molecule has 3 aromatic carbocycles. The summed E-state index contributed by atoms with van der Waals surface area (Å²) in [6.07, 6.45) is 2.80. The van der Waals surface area contributed by atoms with Gasteiger partial charge in [0.1, 0.15) is 5.75 Å². The Labute approximate surface area is 144 Å². The number of rotatable bonds is 6. The lowest BCUT2D eigenvalue weighted by Gasteiger charge is -2.20. The summed E-state index contributed by atoms with van der Waals surface area (Å²) in [4.78, 5) is 0.